The molecule has 7 nitrogen and oxygen atoms in total. The zero-order chi connectivity index (χ0) is 13.4. The van der Waals surface area contributed by atoms with Crippen molar-refractivity contribution >= 4 is 39.6 Å². The van der Waals surface area contributed by atoms with Crippen molar-refractivity contribution in [2.75, 3.05) is 24.7 Å². The van der Waals surface area contributed by atoms with Gasteiger partial charge in [-0.25, -0.2) is 4.79 Å². The minimum atomic E-state index is -1.06. The summed E-state index contributed by atoms with van der Waals surface area (Å²) in [7, 11) is 2.89. The zero-order valence-corrected chi connectivity index (χ0v) is 11.1. The maximum Gasteiger partial charge on any atom is 0.533 e. The first-order chi connectivity index (χ1) is 8.65. The van der Waals surface area contributed by atoms with E-state index in [1.54, 1.807) is 0 Å². The third kappa shape index (κ3) is 5.15. The molecule has 0 unspecified atom stereocenters. The average Bonchev–Trinajstić information content (AvgIpc) is 2.65. The van der Waals surface area contributed by atoms with Crippen LogP contribution < -0.4 is 0 Å². The van der Waals surface area contributed by atoms with Gasteiger partial charge in [0.15, 0.2) is 0 Å². The lowest BCUT2D eigenvalue weighted by atomic mass is 10.4. The van der Waals surface area contributed by atoms with Crippen LogP contribution in [0.25, 0.3) is 0 Å². The number of amides is 2. The lowest BCUT2D eigenvalue weighted by molar-refractivity contribution is -0.176. The highest BCUT2D eigenvalue weighted by atomic mass is 33.1. The monoisotopic (exact) mass is 295 g/mol. The quantitative estimate of drug-likeness (QED) is 0.315. The van der Waals surface area contributed by atoms with Crippen LogP contribution in [0.1, 0.15) is 12.8 Å². The third-order valence-electron chi connectivity index (χ3n) is 1.82. The maximum absolute atomic E-state index is 11.1. The van der Waals surface area contributed by atoms with Crippen molar-refractivity contribution in [3.05, 3.63) is 0 Å². The van der Waals surface area contributed by atoms with Gasteiger partial charge in [0, 0.05) is 24.3 Å². The van der Waals surface area contributed by atoms with Crippen LogP contribution in [-0.2, 0) is 19.2 Å². The van der Waals surface area contributed by atoms with Gasteiger partial charge in [-0.3, -0.25) is 14.4 Å². The number of aliphatic hydroxyl groups excluding tert-OH is 1. The summed E-state index contributed by atoms with van der Waals surface area (Å²) in [6, 6.07) is 0. The summed E-state index contributed by atoms with van der Waals surface area (Å²) in [6.45, 7) is 0.206. The smallest absolute Gasteiger partial charge is 0.432 e. The molecule has 0 radical (unpaired) electrons. The molecule has 0 aromatic carbocycles. The first-order valence-corrected chi connectivity index (χ1v) is 7.69. The largest absolute Gasteiger partial charge is 0.533 e. The SMILES string of the molecule is O=C(OCCSSCCO)ON1C(=O)CCC1=O. The van der Waals surface area contributed by atoms with Gasteiger partial charge in [-0.2, -0.15) is 0 Å². The lowest BCUT2D eigenvalue weighted by Crippen LogP contribution is -2.32. The molecule has 102 valence electrons. The fraction of sp³-hybridized carbons (Fsp3) is 0.667. The molecule has 9 heteroatoms. The van der Waals surface area contributed by atoms with Gasteiger partial charge in [-0.05, 0) is 0 Å². The molecule has 0 saturated carbocycles. The first kappa shape index (κ1) is 15.1. The van der Waals surface area contributed by atoms with E-state index in [4.69, 9.17) is 5.11 Å². The number of carbonyl (C=O) groups is 3. The highest BCUT2D eigenvalue weighted by Gasteiger charge is 2.33. The van der Waals surface area contributed by atoms with E-state index >= 15 is 0 Å². The Morgan fingerprint density at radius 1 is 1.22 bits per heavy atom. The van der Waals surface area contributed by atoms with Crippen molar-refractivity contribution in [2.45, 2.75) is 12.8 Å². The van der Waals surface area contributed by atoms with Crippen molar-refractivity contribution in [3.8, 4) is 0 Å². The predicted octanol–water partition coefficient (Wildman–Crippen LogP) is 0.577. The summed E-state index contributed by atoms with van der Waals surface area (Å²) < 4.78 is 4.68. The van der Waals surface area contributed by atoms with E-state index in [0.29, 0.717) is 16.6 Å². The molecule has 0 aromatic heterocycles. The summed E-state index contributed by atoms with van der Waals surface area (Å²) in [6.07, 6.45) is -0.953. The predicted molar refractivity (Wildman–Crippen MR) is 65.5 cm³/mol. The minimum Gasteiger partial charge on any atom is -0.432 e. The lowest BCUT2D eigenvalue weighted by Gasteiger charge is -2.12. The summed E-state index contributed by atoms with van der Waals surface area (Å²) in [5.41, 5.74) is 0. The van der Waals surface area contributed by atoms with Crippen molar-refractivity contribution in [2.24, 2.45) is 0 Å². The number of carbonyl (C=O) groups excluding carboxylic acids is 3. The Hall–Kier alpha value is -0.930. The number of hydrogen-bond acceptors (Lipinski definition) is 8. The Morgan fingerprint density at radius 3 is 2.44 bits per heavy atom. The summed E-state index contributed by atoms with van der Waals surface area (Å²) in [4.78, 5) is 37.8. The van der Waals surface area contributed by atoms with Gasteiger partial charge in [-0.1, -0.05) is 26.7 Å². The molecule has 0 aromatic rings. The van der Waals surface area contributed by atoms with E-state index in [9.17, 15) is 14.4 Å². The van der Waals surface area contributed by atoms with E-state index in [-0.39, 0.29) is 26.1 Å². The van der Waals surface area contributed by atoms with Crippen LogP contribution in [0.2, 0.25) is 0 Å². The highest BCUT2D eigenvalue weighted by molar-refractivity contribution is 8.76. The molecule has 1 aliphatic heterocycles. The van der Waals surface area contributed by atoms with E-state index < -0.39 is 18.0 Å². The number of nitrogens with zero attached hydrogens (tertiary/aromatic N) is 1. The van der Waals surface area contributed by atoms with E-state index in [2.05, 4.69) is 9.57 Å². The van der Waals surface area contributed by atoms with E-state index in [1.807, 2.05) is 0 Å². The molecule has 0 bridgehead atoms. The molecule has 2 amide bonds. The van der Waals surface area contributed by atoms with Gasteiger partial charge in [0.2, 0.25) is 0 Å². The third-order valence-corrected chi connectivity index (χ3v) is 4.17. The molecule has 1 saturated heterocycles. The molecule has 18 heavy (non-hydrogen) atoms. The minimum absolute atomic E-state index is 0.0553. The van der Waals surface area contributed by atoms with Gasteiger partial charge in [-0.15, -0.1) is 0 Å². The van der Waals surface area contributed by atoms with E-state index in [1.165, 1.54) is 21.6 Å². The molecule has 1 fully saturated rings. The summed E-state index contributed by atoms with van der Waals surface area (Å²) in [5, 5.41) is 8.95. The Balaban J connectivity index is 2.10. The Bertz CT molecular complexity index is 308. The Labute approximate surface area is 112 Å². The van der Waals surface area contributed by atoms with E-state index in [0.717, 1.165) is 0 Å². The maximum atomic E-state index is 11.1. The second-order valence-corrected chi connectivity index (χ2v) is 5.84. The topological polar surface area (TPSA) is 93.1 Å². The highest BCUT2D eigenvalue weighted by Crippen LogP contribution is 2.19. The Kier molecular flexibility index (Phi) is 6.91. The number of hydroxylamine groups is 2. The fourth-order valence-electron chi connectivity index (χ4n) is 1.07. The standard InChI is InChI=1S/C9H13NO6S2/c11-3-5-17-18-6-4-15-9(14)16-10-7(12)1-2-8(10)13/h11H,1-6H2. The number of imide groups is 1. The van der Waals surface area contributed by atoms with Crippen LogP contribution in [0.15, 0.2) is 0 Å². The molecule has 1 rings (SSSR count). The number of rotatable bonds is 7. The molecular formula is C9H13NO6S2. The second kappa shape index (κ2) is 8.22. The Morgan fingerprint density at radius 2 is 1.83 bits per heavy atom. The van der Waals surface area contributed by atoms with Gasteiger partial charge in [0.1, 0.15) is 6.61 Å². The van der Waals surface area contributed by atoms with Crippen LogP contribution in [-0.4, -0.2) is 52.9 Å². The molecule has 1 N–H and O–H groups in total. The van der Waals surface area contributed by atoms with Gasteiger partial charge >= 0.3 is 6.16 Å². The summed E-state index contributed by atoms with van der Waals surface area (Å²) in [5.74, 6) is 0.0581. The molecule has 0 spiro atoms. The van der Waals surface area contributed by atoms with Crippen LogP contribution in [0.4, 0.5) is 4.79 Å². The van der Waals surface area contributed by atoms with Crippen LogP contribution in [0.3, 0.4) is 0 Å². The van der Waals surface area contributed by atoms with Crippen LogP contribution in [0.5, 0.6) is 0 Å². The average molecular weight is 295 g/mol. The molecule has 0 aliphatic carbocycles. The second-order valence-electron chi connectivity index (χ2n) is 3.14. The van der Waals surface area contributed by atoms with Crippen LogP contribution in [0, 0.1) is 0 Å². The normalized spacial score (nSPS) is 15.1. The molecule has 0 atom stereocenters. The van der Waals surface area contributed by atoms with Crippen molar-refractivity contribution in [3.63, 3.8) is 0 Å². The first-order valence-electron chi connectivity index (χ1n) is 5.21. The van der Waals surface area contributed by atoms with Gasteiger partial charge < -0.3 is 9.84 Å². The molecule has 1 heterocycles. The summed E-state index contributed by atoms with van der Waals surface area (Å²) >= 11 is 0. The van der Waals surface area contributed by atoms with Crippen molar-refractivity contribution in [1.29, 1.82) is 0 Å². The number of hydrogen-bond donors (Lipinski definition) is 1. The van der Waals surface area contributed by atoms with Gasteiger partial charge in [0.25, 0.3) is 11.8 Å². The molecule has 1 aliphatic rings. The number of ether oxygens (including phenoxy) is 1. The van der Waals surface area contributed by atoms with Crippen molar-refractivity contribution in [1.82, 2.24) is 5.06 Å². The van der Waals surface area contributed by atoms with Crippen molar-refractivity contribution < 1.29 is 29.1 Å². The number of aliphatic hydroxyl groups is 1. The fourth-order valence-corrected chi connectivity index (χ4v) is 2.67. The molecular weight excluding hydrogens is 282 g/mol. The van der Waals surface area contributed by atoms with Crippen LogP contribution >= 0.6 is 21.6 Å². The zero-order valence-electron chi connectivity index (χ0n) is 9.49. The van der Waals surface area contributed by atoms with Gasteiger partial charge in [0.05, 0.1) is 6.61 Å².